The van der Waals surface area contributed by atoms with Crippen LogP contribution in [0.25, 0.3) is 0 Å². The fourth-order valence-corrected chi connectivity index (χ4v) is 1.44. The Bertz CT molecular complexity index is 543. The summed E-state index contributed by atoms with van der Waals surface area (Å²) in [6.45, 7) is 2.57. The average molecular weight is 282 g/mol. The summed E-state index contributed by atoms with van der Waals surface area (Å²) in [5, 5.41) is 13.1. The molecule has 1 aromatic carbocycles. The summed E-state index contributed by atoms with van der Waals surface area (Å²) in [7, 11) is 1.37. The van der Waals surface area contributed by atoms with Crippen LogP contribution in [0.3, 0.4) is 0 Å². The topological polar surface area (TPSA) is 108 Å². The smallest absolute Gasteiger partial charge is 0.303 e. The van der Waals surface area contributed by atoms with E-state index in [0.29, 0.717) is 0 Å². The number of nitro groups is 1. The lowest BCUT2D eigenvalue weighted by molar-refractivity contribution is -0.384. The normalized spacial score (nSPS) is 11.3. The molecule has 0 spiro atoms. The predicted octanol–water partition coefficient (Wildman–Crippen LogP) is 1.49. The van der Waals surface area contributed by atoms with Crippen molar-refractivity contribution in [3.05, 3.63) is 28.3 Å². The molecule has 1 atom stereocenters. The van der Waals surface area contributed by atoms with Gasteiger partial charge < -0.3 is 14.8 Å². The maximum absolute atomic E-state index is 11.8. The first-order valence-electron chi connectivity index (χ1n) is 5.65. The van der Waals surface area contributed by atoms with E-state index in [1.54, 1.807) is 0 Å². The van der Waals surface area contributed by atoms with Crippen LogP contribution in [0.4, 0.5) is 11.4 Å². The minimum absolute atomic E-state index is 0.130. The molecule has 1 amide bonds. The van der Waals surface area contributed by atoms with E-state index in [1.165, 1.54) is 33.1 Å². The third kappa shape index (κ3) is 3.94. The molecule has 0 aliphatic rings. The molecule has 0 bridgehead atoms. The fraction of sp³-hybridized carbons (Fsp3) is 0.333. The Kier molecular flexibility index (Phi) is 5.01. The maximum atomic E-state index is 11.8. The quantitative estimate of drug-likeness (QED) is 0.498. The number of nitro benzene ring substituents is 1. The number of hydrogen-bond donors (Lipinski definition) is 1. The first-order valence-corrected chi connectivity index (χ1v) is 5.65. The van der Waals surface area contributed by atoms with E-state index in [1.807, 2.05) is 0 Å². The first kappa shape index (κ1) is 15.4. The van der Waals surface area contributed by atoms with Crippen molar-refractivity contribution >= 4 is 23.3 Å². The van der Waals surface area contributed by atoms with Gasteiger partial charge in [0.1, 0.15) is 5.75 Å². The molecule has 0 aliphatic carbocycles. The summed E-state index contributed by atoms with van der Waals surface area (Å²) in [4.78, 5) is 32.7. The Morgan fingerprint density at radius 1 is 1.40 bits per heavy atom. The van der Waals surface area contributed by atoms with E-state index in [9.17, 15) is 19.7 Å². The number of anilines is 1. The van der Waals surface area contributed by atoms with Gasteiger partial charge >= 0.3 is 5.97 Å². The summed E-state index contributed by atoms with van der Waals surface area (Å²) in [5.41, 5.74) is -0.0630. The maximum Gasteiger partial charge on any atom is 0.303 e. The van der Waals surface area contributed by atoms with Gasteiger partial charge in [0, 0.05) is 19.1 Å². The van der Waals surface area contributed by atoms with Crippen molar-refractivity contribution < 1.29 is 24.0 Å². The number of carbonyl (C=O) groups is 2. The van der Waals surface area contributed by atoms with Crippen LogP contribution in [0.15, 0.2) is 18.2 Å². The number of rotatable bonds is 5. The van der Waals surface area contributed by atoms with Crippen LogP contribution in [0.1, 0.15) is 13.8 Å². The second-order valence-electron chi connectivity index (χ2n) is 3.88. The lowest BCUT2D eigenvalue weighted by Gasteiger charge is -2.14. The fourth-order valence-electron chi connectivity index (χ4n) is 1.44. The molecule has 20 heavy (non-hydrogen) atoms. The van der Waals surface area contributed by atoms with Gasteiger partial charge in [0.2, 0.25) is 0 Å². The summed E-state index contributed by atoms with van der Waals surface area (Å²) in [5.74, 6) is -0.948. The summed E-state index contributed by atoms with van der Waals surface area (Å²) < 4.78 is 9.71. The van der Waals surface area contributed by atoms with Gasteiger partial charge in [0.15, 0.2) is 6.10 Å². The Hall–Kier alpha value is -2.64. The highest BCUT2D eigenvalue weighted by Crippen LogP contribution is 2.28. The third-order valence-corrected chi connectivity index (χ3v) is 2.36. The molecule has 0 aromatic heterocycles. The number of methoxy groups -OCH3 is 1. The number of non-ortho nitro benzene ring substituents is 1. The first-order chi connectivity index (χ1) is 9.35. The zero-order valence-electron chi connectivity index (χ0n) is 11.2. The molecule has 0 saturated carbocycles. The van der Waals surface area contributed by atoms with Gasteiger partial charge in [-0.2, -0.15) is 0 Å². The van der Waals surface area contributed by atoms with Crippen molar-refractivity contribution in [1.29, 1.82) is 0 Å². The van der Waals surface area contributed by atoms with Crippen molar-refractivity contribution in [3.63, 3.8) is 0 Å². The molecule has 0 fully saturated rings. The van der Waals surface area contributed by atoms with Gasteiger partial charge in [-0.05, 0) is 13.0 Å². The molecule has 8 nitrogen and oxygen atoms in total. The third-order valence-electron chi connectivity index (χ3n) is 2.36. The number of carbonyl (C=O) groups excluding carboxylic acids is 2. The van der Waals surface area contributed by atoms with E-state index in [4.69, 9.17) is 9.47 Å². The van der Waals surface area contributed by atoms with E-state index in [2.05, 4.69) is 5.32 Å². The van der Waals surface area contributed by atoms with E-state index >= 15 is 0 Å². The van der Waals surface area contributed by atoms with Crippen molar-refractivity contribution in [3.8, 4) is 5.75 Å². The van der Waals surface area contributed by atoms with Crippen LogP contribution < -0.4 is 10.1 Å². The molecule has 0 heterocycles. The molecule has 0 aliphatic heterocycles. The zero-order valence-corrected chi connectivity index (χ0v) is 11.2. The average Bonchev–Trinajstić information content (AvgIpc) is 2.37. The Morgan fingerprint density at radius 3 is 2.55 bits per heavy atom. The highest BCUT2D eigenvalue weighted by atomic mass is 16.6. The van der Waals surface area contributed by atoms with Crippen LogP contribution in [0.5, 0.6) is 5.75 Å². The summed E-state index contributed by atoms with van der Waals surface area (Å²) >= 11 is 0. The minimum atomic E-state index is -1.02. The highest BCUT2D eigenvalue weighted by Gasteiger charge is 2.19. The molecule has 0 saturated heterocycles. The van der Waals surface area contributed by atoms with Crippen LogP contribution >= 0.6 is 0 Å². The van der Waals surface area contributed by atoms with Gasteiger partial charge in [0.25, 0.3) is 11.6 Å². The van der Waals surface area contributed by atoms with Crippen molar-refractivity contribution in [1.82, 2.24) is 0 Å². The van der Waals surface area contributed by atoms with Gasteiger partial charge in [-0.25, -0.2) is 0 Å². The zero-order chi connectivity index (χ0) is 15.3. The Labute approximate surface area is 114 Å². The van der Waals surface area contributed by atoms with Crippen molar-refractivity contribution in [2.75, 3.05) is 12.4 Å². The largest absolute Gasteiger partial charge is 0.495 e. The number of nitrogens with zero attached hydrogens (tertiary/aromatic N) is 1. The number of nitrogens with one attached hydrogen (secondary N) is 1. The second-order valence-corrected chi connectivity index (χ2v) is 3.88. The molecule has 1 rings (SSSR count). The van der Waals surface area contributed by atoms with Gasteiger partial charge in [-0.3, -0.25) is 19.7 Å². The van der Waals surface area contributed by atoms with Crippen molar-refractivity contribution in [2.45, 2.75) is 20.0 Å². The number of benzene rings is 1. The van der Waals surface area contributed by atoms with Gasteiger partial charge in [-0.1, -0.05) is 0 Å². The number of ether oxygens (including phenoxy) is 2. The molecule has 0 unspecified atom stereocenters. The van der Waals surface area contributed by atoms with Crippen LogP contribution in [0.2, 0.25) is 0 Å². The number of hydrogen-bond acceptors (Lipinski definition) is 6. The number of esters is 1. The number of amides is 1. The van der Waals surface area contributed by atoms with Crippen molar-refractivity contribution in [2.24, 2.45) is 0 Å². The van der Waals surface area contributed by atoms with E-state index in [-0.39, 0.29) is 17.1 Å². The molecule has 1 N–H and O–H groups in total. The SMILES string of the molecule is COc1ccc([N+](=O)[O-])cc1NC(=O)[C@H](C)OC(C)=O. The Morgan fingerprint density at radius 2 is 2.05 bits per heavy atom. The van der Waals surface area contributed by atoms with E-state index in [0.717, 1.165) is 6.07 Å². The summed E-state index contributed by atoms with van der Waals surface area (Å²) in [6.07, 6.45) is -1.02. The monoisotopic (exact) mass is 282 g/mol. The standard InChI is InChI=1S/C12H14N2O6/c1-7(20-8(2)15)12(16)13-10-6-9(14(17)18)4-5-11(10)19-3/h4-7H,1-3H3,(H,13,16)/t7-/m0/s1. The lowest BCUT2D eigenvalue weighted by atomic mass is 10.2. The summed E-state index contributed by atoms with van der Waals surface area (Å²) in [6, 6.07) is 3.78. The highest BCUT2D eigenvalue weighted by molar-refractivity contribution is 5.96. The molecule has 1 aromatic rings. The molecule has 0 radical (unpaired) electrons. The minimum Gasteiger partial charge on any atom is -0.495 e. The Balaban J connectivity index is 2.94. The van der Waals surface area contributed by atoms with Gasteiger partial charge in [-0.15, -0.1) is 0 Å². The molecule has 108 valence electrons. The second kappa shape index (κ2) is 6.50. The molecular formula is C12H14N2O6. The van der Waals surface area contributed by atoms with E-state index < -0.39 is 22.9 Å². The molecular weight excluding hydrogens is 268 g/mol. The lowest BCUT2D eigenvalue weighted by Crippen LogP contribution is -2.29. The van der Waals surface area contributed by atoms with Gasteiger partial charge in [0.05, 0.1) is 17.7 Å². The van der Waals surface area contributed by atoms with Crippen LogP contribution in [0, 0.1) is 10.1 Å². The van der Waals surface area contributed by atoms with Crippen LogP contribution in [-0.4, -0.2) is 30.0 Å². The molecule has 8 heteroatoms. The predicted molar refractivity (Wildman–Crippen MR) is 69.5 cm³/mol. The van der Waals surface area contributed by atoms with Crippen LogP contribution in [-0.2, 0) is 14.3 Å².